The van der Waals surface area contributed by atoms with Crippen LogP contribution in [0, 0.1) is 17.0 Å². The number of aromatic nitrogens is 2. The zero-order chi connectivity index (χ0) is 11.4. The molecule has 82 valence electrons. The van der Waals surface area contributed by atoms with E-state index in [1.807, 2.05) is 0 Å². The van der Waals surface area contributed by atoms with Crippen molar-refractivity contribution < 1.29 is 14.5 Å². The molecular formula is C8H11N3O4. The van der Waals surface area contributed by atoms with Crippen molar-refractivity contribution in [2.75, 3.05) is 7.11 Å². The van der Waals surface area contributed by atoms with Crippen molar-refractivity contribution in [1.29, 1.82) is 0 Å². The largest absolute Gasteiger partial charge is 0.469 e. The summed E-state index contributed by atoms with van der Waals surface area (Å²) in [7, 11) is 1.28. The molecule has 7 heteroatoms. The lowest BCUT2D eigenvalue weighted by molar-refractivity contribution is -0.392. The lowest BCUT2D eigenvalue weighted by atomic mass is 10.4. The second-order valence-electron chi connectivity index (χ2n) is 2.90. The molecule has 0 aliphatic carbocycles. The van der Waals surface area contributed by atoms with Gasteiger partial charge in [0, 0.05) is 6.92 Å². The Hall–Kier alpha value is -1.92. The van der Waals surface area contributed by atoms with Crippen molar-refractivity contribution in [2.45, 2.75) is 19.9 Å². The van der Waals surface area contributed by atoms with Crippen molar-refractivity contribution in [3.63, 3.8) is 0 Å². The van der Waals surface area contributed by atoms with Gasteiger partial charge in [-0.15, -0.1) is 0 Å². The number of aryl methyl sites for hydroxylation is 1. The maximum absolute atomic E-state index is 10.9. The molecule has 0 spiro atoms. The number of hydrogen-bond acceptors (Lipinski definition) is 5. The molecule has 0 aliphatic heterocycles. The predicted molar refractivity (Wildman–Crippen MR) is 50.3 cm³/mol. The molecule has 7 nitrogen and oxygen atoms in total. The first-order chi connectivity index (χ1) is 7.06. The van der Waals surface area contributed by atoms with Crippen LogP contribution in [-0.4, -0.2) is 27.6 Å². The van der Waals surface area contributed by atoms with Crippen LogP contribution < -0.4 is 0 Å². The van der Waals surface area contributed by atoms with Crippen LogP contribution >= 0.6 is 0 Å². The minimum absolute atomic E-state index is 0.0918. The van der Waals surface area contributed by atoms with Crippen molar-refractivity contribution in [3.8, 4) is 0 Å². The fourth-order valence-corrected chi connectivity index (χ4v) is 1.18. The number of rotatable bonds is 4. The average molecular weight is 213 g/mol. The zero-order valence-electron chi connectivity index (χ0n) is 8.47. The normalized spacial score (nSPS) is 10.0. The van der Waals surface area contributed by atoms with Crippen LogP contribution in [0.4, 0.5) is 5.82 Å². The lowest BCUT2D eigenvalue weighted by Crippen LogP contribution is -2.10. The van der Waals surface area contributed by atoms with Crippen molar-refractivity contribution in [2.24, 2.45) is 0 Å². The number of nitrogens with zero attached hydrogens (tertiary/aromatic N) is 3. The van der Waals surface area contributed by atoms with Crippen LogP contribution in [0.3, 0.4) is 0 Å². The second-order valence-corrected chi connectivity index (χ2v) is 2.90. The van der Waals surface area contributed by atoms with Gasteiger partial charge >= 0.3 is 11.8 Å². The molecule has 1 aromatic rings. The fraction of sp³-hybridized carbons (Fsp3) is 0.500. The topological polar surface area (TPSA) is 87.3 Å². The van der Waals surface area contributed by atoms with E-state index >= 15 is 0 Å². The number of imidazole rings is 1. The quantitative estimate of drug-likeness (QED) is 0.416. The number of ether oxygens (including phenoxy) is 1. The van der Waals surface area contributed by atoms with E-state index < -0.39 is 10.9 Å². The SMILES string of the molecule is COC(=O)CCn1c([N+](=O)[O-])cnc1C. The van der Waals surface area contributed by atoms with Crippen molar-refractivity contribution >= 4 is 11.8 Å². The molecule has 0 unspecified atom stereocenters. The van der Waals surface area contributed by atoms with E-state index in [1.165, 1.54) is 17.9 Å². The molecule has 0 fully saturated rings. The minimum Gasteiger partial charge on any atom is -0.469 e. The molecule has 1 heterocycles. The van der Waals surface area contributed by atoms with Gasteiger partial charge in [-0.1, -0.05) is 0 Å². The zero-order valence-corrected chi connectivity index (χ0v) is 8.47. The van der Waals surface area contributed by atoms with Crippen LogP contribution in [-0.2, 0) is 16.1 Å². The van der Waals surface area contributed by atoms with Gasteiger partial charge in [-0.25, -0.2) is 9.55 Å². The third-order valence-electron chi connectivity index (χ3n) is 1.99. The average Bonchev–Trinajstić information content (AvgIpc) is 2.56. The van der Waals surface area contributed by atoms with Crippen molar-refractivity contribution in [1.82, 2.24) is 9.55 Å². The van der Waals surface area contributed by atoms with Crippen LogP contribution in [0.2, 0.25) is 0 Å². The van der Waals surface area contributed by atoms with Gasteiger partial charge in [0.1, 0.15) is 12.7 Å². The van der Waals surface area contributed by atoms with E-state index in [0.29, 0.717) is 5.82 Å². The number of methoxy groups -OCH3 is 1. The van der Waals surface area contributed by atoms with Crippen LogP contribution in [0.1, 0.15) is 12.2 Å². The summed E-state index contributed by atoms with van der Waals surface area (Å²) in [4.78, 5) is 24.7. The van der Waals surface area contributed by atoms with Gasteiger partial charge in [0.2, 0.25) is 0 Å². The molecule has 0 bridgehead atoms. The number of hydrogen-bond donors (Lipinski definition) is 0. The number of nitro groups is 1. The van der Waals surface area contributed by atoms with E-state index in [-0.39, 0.29) is 18.8 Å². The molecule has 0 saturated heterocycles. The smallest absolute Gasteiger partial charge is 0.342 e. The number of esters is 1. The first kappa shape index (κ1) is 11.2. The second kappa shape index (κ2) is 4.54. The summed E-state index contributed by atoms with van der Waals surface area (Å²) in [5.41, 5.74) is 0. The summed E-state index contributed by atoms with van der Waals surface area (Å²) in [5.74, 6) is -0.0144. The van der Waals surface area contributed by atoms with Gasteiger partial charge in [0.05, 0.1) is 13.5 Å². The molecule has 0 amide bonds. The Kier molecular flexibility index (Phi) is 3.37. The summed E-state index contributed by atoms with van der Waals surface area (Å²) >= 11 is 0. The van der Waals surface area contributed by atoms with Gasteiger partial charge in [0.25, 0.3) is 0 Å². The molecule has 1 aromatic heterocycles. The Labute approximate surface area is 85.8 Å². The van der Waals surface area contributed by atoms with Gasteiger partial charge in [-0.3, -0.25) is 4.79 Å². The molecule has 0 atom stereocenters. The predicted octanol–water partition coefficient (Wildman–Crippen LogP) is 0.663. The summed E-state index contributed by atoms with van der Waals surface area (Å²) in [6.45, 7) is 1.85. The Balaban J connectivity index is 2.79. The van der Waals surface area contributed by atoms with E-state index in [9.17, 15) is 14.9 Å². The number of carbonyl (C=O) groups is 1. The van der Waals surface area contributed by atoms with Crippen molar-refractivity contribution in [3.05, 3.63) is 22.1 Å². The molecule has 1 rings (SSSR count). The van der Waals surface area contributed by atoms with E-state index in [2.05, 4.69) is 9.72 Å². The molecule has 0 N–H and O–H groups in total. The Morgan fingerprint density at radius 1 is 1.73 bits per heavy atom. The van der Waals surface area contributed by atoms with Gasteiger partial charge < -0.3 is 14.9 Å². The summed E-state index contributed by atoms with van der Waals surface area (Å²) in [5, 5.41) is 10.6. The highest BCUT2D eigenvalue weighted by atomic mass is 16.6. The van der Waals surface area contributed by atoms with E-state index in [1.54, 1.807) is 6.92 Å². The Bertz CT molecular complexity index is 385. The highest BCUT2D eigenvalue weighted by Gasteiger charge is 2.17. The van der Waals surface area contributed by atoms with Crippen LogP contribution in [0.25, 0.3) is 0 Å². The fourth-order valence-electron chi connectivity index (χ4n) is 1.18. The van der Waals surface area contributed by atoms with E-state index in [4.69, 9.17) is 0 Å². The molecular weight excluding hydrogens is 202 g/mol. The van der Waals surface area contributed by atoms with Gasteiger partial charge in [-0.05, 0) is 4.92 Å². The Morgan fingerprint density at radius 2 is 2.40 bits per heavy atom. The highest BCUT2D eigenvalue weighted by molar-refractivity contribution is 5.69. The van der Waals surface area contributed by atoms with Gasteiger partial charge in [-0.2, -0.15) is 0 Å². The molecule has 0 aromatic carbocycles. The summed E-state index contributed by atoms with van der Waals surface area (Å²) < 4.78 is 5.82. The van der Waals surface area contributed by atoms with E-state index in [0.717, 1.165) is 0 Å². The molecule has 0 radical (unpaired) electrons. The standard InChI is InChI=1S/C8H11N3O4/c1-6-9-5-7(11(13)14)10(6)4-3-8(12)15-2/h5H,3-4H2,1-2H3. The van der Waals surface area contributed by atoms with Crippen LogP contribution in [0.5, 0.6) is 0 Å². The Morgan fingerprint density at radius 3 is 2.93 bits per heavy atom. The highest BCUT2D eigenvalue weighted by Crippen LogP contribution is 2.13. The van der Waals surface area contributed by atoms with Gasteiger partial charge in [0.15, 0.2) is 5.82 Å². The lowest BCUT2D eigenvalue weighted by Gasteiger charge is -2.01. The monoisotopic (exact) mass is 213 g/mol. The summed E-state index contributed by atoms with van der Waals surface area (Å²) in [6, 6.07) is 0. The first-order valence-corrected chi connectivity index (χ1v) is 4.29. The molecule has 0 aliphatic rings. The third kappa shape index (κ3) is 2.52. The first-order valence-electron chi connectivity index (χ1n) is 4.29. The molecule has 15 heavy (non-hydrogen) atoms. The minimum atomic E-state index is -0.530. The molecule has 0 saturated carbocycles. The maximum atomic E-state index is 10.9. The number of carbonyl (C=O) groups excluding carboxylic acids is 1. The maximum Gasteiger partial charge on any atom is 0.342 e. The van der Waals surface area contributed by atoms with Crippen LogP contribution in [0.15, 0.2) is 6.20 Å². The third-order valence-corrected chi connectivity index (χ3v) is 1.99. The summed E-state index contributed by atoms with van der Waals surface area (Å²) in [6.07, 6.45) is 1.27.